The summed E-state index contributed by atoms with van der Waals surface area (Å²) in [6.45, 7) is 8.02. The predicted octanol–water partition coefficient (Wildman–Crippen LogP) is 7.41. The molecule has 0 aliphatic heterocycles. The number of nitrogens with zero attached hydrogens (tertiary/aromatic N) is 5. The van der Waals surface area contributed by atoms with Crippen molar-refractivity contribution in [1.29, 1.82) is 5.26 Å². The van der Waals surface area contributed by atoms with Crippen LogP contribution in [-0.4, -0.2) is 19.5 Å². The molecule has 37 heavy (non-hydrogen) atoms. The predicted molar refractivity (Wildman–Crippen MR) is 149 cm³/mol. The van der Waals surface area contributed by atoms with Gasteiger partial charge in [0.05, 0.1) is 28.4 Å². The van der Waals surface area contributed by atoms with Crippen LogP contribution in [0.25, 0.3) is 50.0 Å². The Hall–Kier alpha value is -4.82. The number of rotatable bonds is 3. The summed E-state index contributed by atoms with van der Waals surface area (Å²) in [5.74, 6) is 1.93. The largest absolute Gasteiger partial charge is 0.308 e. The monoisotopic (exact) mass is 479 g/mol. The van der Waals surface area contributed by atoms with E-state index in [0.29, 0.717) is 23.0 Å². The molecule has 0 radical (unpaired) electrons. The number of benzene rings is 4. The van der Waals surface area contributed by atoms with Crippen LogP contribution in [0.1, 0.15) is 28.3 Å². The fraction of sp³-hybridized carbons (Fsp3) is 0.125. The first-order chi connectivity index (χ1) is 17.9. The maximum absolute atomic E-state index is 9.78. The van der Waals surface area contributed by atoms with Crippen LogP contribution in [-0.2, 0) is 0 Å². The maximum Gasteiger partial charge on any atom is 0.165 e. The third-order valence-corrected chi connectivity index (χ3v) is 6.83. The average molecular weight is 480 g/mol. The second-order valence-corrected chi connectivity index (χ2v) is 9.50. The molecule has 0 saturated heterocycles. The van der Waals surface area contributed by atoms with Crippen LogP contribution in [0.4, 0.5) is 0 Å². The lowest BCUT2D eigenvalue weighted by atomic mass is 9.97. The van der Waals surface area contributed by atoms with Crippen molar-refractivity contribution in [2.45, 2.75) is 27.7 Å². The van der Waals surface area contributed by atoms with E-state index in [0.717, 1.165) is 38.6 Å². The first kappa shape index (κ1) is 22.6. The minimum absolute atomic E-state index is 0.581. The minimum atomic E-state index is 0.581. The number of para-hydroxylation sites is 1. The molecule has 0 unspecified atom stereocenters. The van der Waals surface area contributed by atoms with E-state index < -0.39 is 0 Å². The van der Waals surface area contributed by atoms with Gasteiger partial charge >= 0.3 is 0 Å². The molecule has 2 heterocycles. The highest BCUT2D eigenvalue weighted by Crippen LogP contribution is 2.38. The summed E-state index contributed by atoms with van der Waals surface area (Å²) in [6.07, 6.45) is 0. The van der Waals surface area contributed by atoms with Crippen LogP contribution >= 0.6 is 0 Å². The molecular formula is C32H25N5. The Kier molecular flexibility index (Phi) is 5.31. The van der Waals surface area contributed by atoms with Crippen molar-refractivity contribution < 1.29 is 0 Å². The lowest BCUT2D eigenvalue weighted by Gasteiger charge is -2.15. The second-order valence-electron chi connectivity index (χ2n) is 9.50. The van der Waals surface area contributed by atoms with Crippen molar-refractivity contribution in [3.8, 4) is 34.3 Å². The van der Waals surface area contributed by atoms with Crippen molar-refractivity contribution in [1.82, 2.24) is 19.5 Å². The smallest absolute Gasteiger partial charge is 0.165 e. The highest BCUT2D eigenvalue weighted by Gasteiger charge is 2.19. The van der Waals surface area contributed by atoms with Gasteiger partial charge in [-0.2, -0.15) is 5.26 Å². The summed E-state index contributed by atoms with van der Waals surface area (Å²) in [4.78, 5) is 13.7. The summed E-state index contributed by atoms with van der Waals surface area (Å²) in [5.41, 5.74) is 9.28. The van der Waals surface area contributed by atoms with Crippen LogP contribution in [0.5, 0.6) is 0 Å². The van der Waals surface area contributed by atoms with E-state index in [9.17, 15) is 5.26 Å². The Morgan fingerprint density at radius 1 is 0.676 bits per heavy atom. The summed E-state index contributed by atoms with van der Waals surface area (Å²) in [6, 6.07) is 29.6. The van der Waals surface area contributed by atoms with Crippen LogP contribution in [0, 0.1) is 39.0 Å². The number of aromatic nitrogens is 4. The lowest BCUT2D eigenvalue weighted by molar-refractivity contribution is 0.926. The Bertz CT molecular complexity index is 1870. The van der Waals surface area contributed by atoms with Crippen molar-refractivity contribution in [3.63, 3.8) is 0 Å². The Balaban J connectivity index is 1.72. The molecule has 6 rings (SSSR count). The fourth-order valence-electron chi connectivity index (χ4n) is 5.25. The van der Waals surface area contributed by atoms with Crippen molar-refractivity contribution >= 4 is 21.8 Å². The zero-order valence-electron chi connectivity index (χ0n) is 21.2. The van der Waals surface area contributed by atoms with E-state index in [2.05, 4.69) is 94.0 Å². The molecule has 0 aliphatic rings. The van der Waals surface area contributed by atoms with Gasteiger partial charge in [0.25, 0.3) is 0 Å². The molecule has 4 aromatic carbocycles. The minimum Gasteiger partial charge on any atom is -0.308 e. The van der Waals surface area contributed by atoms with Crippen LogP contribution < -0.4 is 0 Å². The summed E-state index contributed by atoms with van der Waals surface area (Å²) in [5, 5.41) is 12.1. The number of nitriles is 1. The molecule has 5 heteroatoms. The first-order valence-corrected chi connectivity index (χ1v) is 12.3. The van der Waals surface area contributed by atoms with E-state index in [4.69, 9.17) is 0 Å². The van der Waals surface area contributed by atoms with Crippen molar-refractivity contribution in [2.24, 2.45) is 0 Å². The molecule has 0 saturated carbocycles. The molecule has 0 fully saturated rings. The van der Waals surface area contributed by atoms with Gasteiger partial charge in [-0.3, -0.25) is 0 Å². The molecule has 6 aromatic rings. The summed E-state index contributed by atoms with van der Waals surface area (Å²) < 4.78 is 2.24. The van der Waals surface area contributed by atoms with E-state index in [-0.39, 0.29) is 0 Å². The molecule has 0 amide bonds. The zero-order chi connectivity index (χ0) is 25.7. The van der Waals surface area contributed by atoms with E-state index in [1.165, 1.54) is 16.7 Å². The molecule has 178 valence electrons. The van der Waals surface area contributed by atoms with E-state index in [1.54, 1.807) is 0 Å². The highest BCUT2D eigenvalue weighted by atomic mass is 15.0. The molecule has 0 bridgehead atoms. The fourth-order valence-corrected chi connectivity index (χ4v) is 5.25. The Labute approximate surface area is 215 Å². The molecule has 0 N–H and O–H groups in total. The lowest BCUT2D eigenvalue weighted by Crippen LogP contribution is -2.03. The zero-order valence-corrected chi connectivity index (χ0v) is 21.2. The molecular weight excluding hydrogens is 454 g/mol. The van der Waals surface area contributed by atoms with Gasteiger partial charge in [0.1, 0.15) is 11.6 Å². The van der Waals surface area contributed by atoms with E-state index in [1.807, 2.05) is 38.1 Å². The third kappa shape index (κ3) is 3.84. The standard InChI is InChI=1S/C32H25N5/c1-19-9-12-25(20(2)15-19)24-11-14-27-26-7-5-6-8-29(26)37(31(27)17-24)30-16-23(18-33)10-13-28(30)32-35-21(3)34-22(4)36-32/h5-17H,1-4H3. The highest BCUT2D eigenvalue weighted by molar-refractivity contribution is 6.10. The van der Waals surface area contributed by atoms with Gasteiger partial charge in [0.15, 0.2) is 5.82 Å². The van der Waals surface area contributed by atoms with Crippen LogP contribution in [0.3, 0.4) is 0 Å². The van der Waals surface area contributed by atoms with Gasteiger partial charge in [-0.15, -0.1) is 0 Å². The van der Waals surface area contributed by atoms with Gasteiger partial charge in [-0.1, -0.05) is 54.1 Å². The normalized spacial score (nSPS) is 11.2. The second kappa shape index (κ2) is 8.69. The van der Waals surface area contributed by atoms with Crippen molar-refractivity contribution in [2.75, 3.05) is 0 Å². The van der Waals surface area contributed by atoms with Crippen molar-refractivity contribution in [3.05, 3.63) is 107 Å². The van der Waals surface area contributed by atoms with Gasteiger partial charge in [0.2, 0.25) is 0 Å². The molecule has 0 spiro atoms. The first-order valence-electron chi connectivity index (χ1n) is 12.3. The van der Waals surface area contributed by atoms with Gasteiger partial charge in [-0.25, -0.2) is 15.0 Å². The van der Waals surface area contributed by atoms with Gasteiger partial charge < -0.3 is 4.57 Å². The Morgan fingerprint density at radius 3 is 2.16 bits per heavy atom. The average Bonchev–Trinajstić information content (AvgIpc) is 3.21. The Morgan fingerprint density at radius 2 is 1.41 bits per heavy atom. The van der Waals surface area contributed by atoms with Gasteiger partial charge in [0, 0.05) is 16.3 Å². The number of hydrogen-bond donors (Lipinski definition) is 0. The summed E-state index contributed by atoms with van der Waals surface area (Å²) in [7, 11) is 0. The van der Waals surface area contributed by atoms with Gasteiger partial charge in [-0.05, 0) is 74.7 Å². The molecule has 0 aliphatic carbocycles. The molecule has 0 atom stereocenters. The quantitative estimate of drug-likeness (QED) is 0.265. The number of fused-ring (bicyclic) bond motifs is 3. The SMILES string of the molecule is Cc1ccc(-c2ccc3c4ccccc4n(-c4cc(C#N)ccc4-c4nc(C)nc(C)n4)c3c2)c(C)c1. The summed E-state index contributed by atoms with van der Waals surface area (Å²) >= 11 is 0. The third-order valence-electron chi connectivity index (χ3n) is 6.83. The van der Waals surface area contributed by atoms with Crippen LogP contribution in [0.2, 0.25) is 0 Å². The molecule has 2 aromatic heterocycles. The van der Waals surface area contributed by atoms with E-state index >= 15 is 0 Å². The number of aryl methyl sites for hydroxylation is 4. The van der Waals surface area contributed by atoms with Crippen LogP contribution in [0.15, 0.2) is 78.9 Å². The maximum atomic E-state index is 9.78. The number of hydrogen-bond acceptors (Lipinski definition) is 4. The topological polar surface area (TPSA) is 67.4 Å². The molecule has 5 nitrogen and oxygen atoms in total.